The Morgan fingerprint density at radius 2 is 1.80 bits per heavy atom. The molecule has 1 saturated heterocycles. The highest BCUT2D eigenvalue weighted by Crippen LogP contribution is 2.48. The number of carbonyl (C=O) groups is 2. The number of aliphatic carboxylic acids is 1. The van der Waals surface area contributed by atoms with Gasteiger partial charge in [0.1, 0.15) is 5.75 Å². The van der Waals surface area contributed by atoms with Gasteiger partial charge in [-0.05, 0) is 89.9 Å². The van der Waals surface area contributed by atoms with Crippen LogP contribution >= 0.6 is 23.4 Å². The Hall–Kier alpha value is -3.47. The number of aryl methyl sites for hydroxylation is 2. The summed E-state index contributed by atoms with van der Waals surface area (Å²) >= 11 is 8.09. The molecular formula is C34H38ClFN2O6S. The van der Waals surface area contributed by atoms with Crippen LogP contribution in [0.5, 0.6) is 17.2 Å². The number of carboxylic acids is 1. The maximum Gasteiger partial charge on any atom is 0.309 e. The van der Waals surface area contributed by atoms with Gasteiger partial charge in [0.15, 0.2) is 11.6 Å². The first kappa shape index (κ1) is 32.9. The number of hydrogen-bond acceptors (Lipinski definition) is 7. The van der Waals surface area contributed by atoms with Crippen molar-refractivity contribution in [3.63, 3.8) is 0 Å². The molecule has 0 radical (unpaired) electrons. The third kappa shape index (κ3) is 7.34. The summed E-state index contributed by atoms with van der Waals surface area (Å²) in [7, 11) is 0. The fourth-order valence-corrected chi connectivity index (χ4v) is 6.96. The molecule has 0 bridgehead atoms. The Bertz CT molecular complexity index is 1510. The Kier molecular flexibility index (Phi) is 10.8. The van der Waals surface area contributed by atoms with E-state index in [1.54, 1.807) is 17.8 Å². The molecule has 8 nitrogen and oxygen atoms in total. The van der Waals surface area contributed by atoms with Crippen LogP contribution in [-0.4, -0.2) is 60.4 Å². The number of rotatable bonds is 13. The van der Waals surface area contributed by atoms with Crippen molar-refractivity contribution in [2.75, 3.05) is 43.8 Å². The highest BCUT2D eigenvalue weighted by atomic mass is 35.5. The molecule has 1 amide bonds. The van der Waals surface area contributed by atoms with Crippen LogP contribution in [0.2, 0.25) is 5.02 Å². The molecule has 0 saturated carbocycles. The Morgan fingerprint density at radius 1 is 1.09 bits per heavy atom. The van der Waals surface area contributed by atoms with E-state index in [0.717, 1.165) is 34.6 Å². The number of anilines is 1. The van der Waals surface area contributed by atoms with E-state index >= 15 is 4.39 Å². The lowest BCUT2D eigenvalue weighted by Gasteiger charge is -2.27. The molecule has 3 atom stereocenters. The van der Waals surface area contributed by atoms with E-state index in [4.69, 9.17) is 25.8 Å². The number of likely N-dealkylation sites (tertiary alicyclic amines) is 1. The summed E-state index contributed by atoms with van der Waals surface area (Å²) in [4.78, 5) is 28.5. The Balaban J connectivity index is 1.47. The minimum atomic E-state index is -1.04. The number of nitrogens with one attached hydrogen (secondary N) is 1. The van der Waals surface area contributed by atoms with E-state index in [1.807, 2.05) is 61.4 Å². The third-order valence-corrected chi connectivity index (χ3v) is 9.30. The highest BCUT2D eigenvalue weighted by molar-refractivity contribution is 7.98. The summed E-state index contributed by atoms with van der Waals surface area (Å²) in [5, 5.41) is 14.3. The maximum absolute atomic E-state index is 15.0. The predicted molar refractivity (Wildman–Crippen MR) is 174 cm³/mol. The van der Waals surface area contributed by atoms with Crippen molar-refractivity contribution in [2.45, 2.75) is 45.1 Å². The summed E-state index contributed by atoms with van der Waals surface area (Å²) in [6.07, 6.45) is 4.32. The van der Waals surface area contributed by atoms with Crippen LogP contribution in [0.3, 0.4) is 0 Å². The third-order valence-electron chi connectivity index (χ3n) is 8.38. The molecule has 240 valence electrons. The number of ether oxygens (including phenoxy) is 3. The minimum absolute atomic E-state index is 0.0194. The van der Waals surface area contributed by atoms with Crippen LogP contribution in [0, 0.1) is 11.7 Å². The first-order valence-corrected chi connectivity index (χ1v) is 16.9. The molecule has 11 heteroatoms. The number of benzene rings is 3. The fraction of sp³-hybridized carbons (Fsp3) is 0.412. The molecule has 0 aromatic heterocycles. The van der Waals surface area contributed by atoms with E-state index in [0.29, 0.717) is 35.8 Å². The van der Waals surface area contributed by atoms with E-state index in [9.17, 15) is 14.7 Å². The zero-order valence-corrected chi connectivity index (χ0v) is 27.2. The number of halogens is 2. The first-order valence-electron chi connectivity index (χ1n) is 15.1. The molecule has 45 heavy (non-hydrogen) atoms. The lowest BCUT2D eigenvalue weighted by molar-refractivity contribution is -0.143. The molecule has 1 fully saturated rings. The Labute approximate surface area is 272 Å². The van der Waals surface area contributed by atoms with Crippen LogP contribution in [0.15, 0.2) is 48.5 Å². The van der Waals surface area contributed by atoms with E-state index < -0.39 is 29.7 Å². The van der Waals surface area contributed by atoms with Gasteiger partial charge in [0.2, 0.25) is 18.4 Å². The Morgan fingerprint density at radius 3 is 2.44 bits per heavy atom. The van der Waals surface area contributed by atoms with Gasteiger partial charge >= 0.3 is 5.97 Å². The largest absolute Gasteiger partial charge is 0.494 e. The van der Waals surface area contributed by atoms with Gasteiger partial charge in [0.25, 0.3) is 0 Å². The van der Waals surface area contributed by atoms with Gasteiger partial charge in [-0.3, -0.25) is 14.5 Å². The number of nitrogens with zero attached hydrogens (tertiary/aromatic N) is 1. The molecule has 2 N–H and O–H groups in total. The summed E-state index contributed by atoms with van der Waals surface area (Å²) in [5.74, 6) is -1.58. The second kappa shape index (κ2) is 14.7. The lowest BCUT2D eigenvalue weighted by atomic mass is 9.82. The summed E-state index contributed by atoms with van der Waals surface area (Å²) < 4.78 is 31.6. The smallest absolute Gasteiger partial charge is 0.309 e. The fourth-order valence-electron chi connectivity index (χ4n) is 6.29. The number of fused-ring (bicyclic) bond motifs is 1. The molecular weight excluding hydrogens is 619 g/mol. The van der Waals surface area contributed by atoms with Gasteiger partial charge in [-0.2, -0.15) is 11.8 Å². The van der Waals surface area contributed by atoms with E-state index in [1.165, 1.54) is 6.07 Å². The van der Waals surface area contributed by atoms with Crippen molar-refractivity contribution in [1.29, 1.82) is 0 Å². The maximum atomic E-state index is 15.0. The van der Waals surface area contributed by atoms with Gasteiger partial charge in [-0.25, -0.2) is 4.39 Å². The van der Waals surface area contributed by atoms with Crippen molar-refractivity contribution in [3.8, 4) is 17.2 Å². The van der Waals surface area contributed by atoms with Crippen LogP contribution in [-0.2, 0) is 22.4 Å². The zero-order valence-electron chi connectivity index (χ0n) is 25.6. The molecule has 2 heterocycles. The molecule has 2 aliphatic rings. The van der Waals surface area contributed by atoms with Gasteiger partial charge in [0, 0.05) is 29.2 Å². The summed E-state index contributed by atoms with van der Waals surface area (Å²) in [6, 6.07) is 13.3. The molecule has 5 rings (SSSR count). The predicted octanol–water partition coefficient (Wildman–Crippen LogP) is 6.94. The van der Waals surface area contributed by atoms with E-state index in [-0.39, 0.29) is 37.3 Å². The van der Waals surface area contributed by atoms with E-state index in [2.05, 4.69) is 5.32 Å². The van der Waals surface area contributed by atoms with Gasteiger partial charge in [-0.1, -0.05) is 37.6 Å². The average Bonchev–Trinajstić information content (AvgIpc) is 3.66. The topological polar surface area (TPSA) is 97.3 Å². The molecule has 0 aliphatic carbocycles. The number of carbonyl (C=O) groups excluding carboxylic acids is 1. The van der Waals surface area contributed by atoms with Crippen molar-refractivity contribution < 1.29 is 33.3 Å². The second-order valence-electron chi connectivity index (χ2n) is 11.2. The number of hydrogen-bond donors (Lipinski definition) is 2. The zero-order chi connectivity index (χ0) is 32.1. The van der Waals surface area contributed by atoms with Gasteiger partial charge < -0.3 is 24.6 Å². The average molecular weight is 657 g/mol. The van der Waals surface area contributed by atoms with Crippen molar-refractivity contribution in [1.82, 2.24) is 4.90 Å². The van der Waals surface area contributed by atoms with Gasteiger partial charge in [-0.15, -0.1) is 0 Å². The highest BCUT2D eigenvalue weighted by Gasteiger charge is 2.48. The number of amides is 1. The molecule has 2 aliphatic heterocycles. The van der Waals surface area contributed by atoms with Crippen LogP contribution in [0.1, 0.15) is 54.5 Å². The van der Waals surface area contributed by atoms with Gasteiger partial charge in [0.05, 0.1) is 19.1 Å². The number of carboxylic acid groups (broad SMARTS) is 1. The lowest BCUT2D eigenvalue weighted by Crippen LogP contribution is -2.35. The molecule has 0 unspecified atom stereocenters. The minimum Gasteiger partial charge on any atom is -0.494 e. The second-order valence-corrected chi connectivity index (χ2v) is 12.6. The quantitative estimate of drug-likeness (QED) is 0.191. The van der Waals surface area contributed by atoms with Crippen LogP contribution in [0.4, 0.5) is 10.1 Å². The van der Waals surface area contributed by atoms with Crippen molar-refractivity contribution >= 4 is 40.9 Å². The van der Waals surface area contributed by atoms with Crippen LogP contribution in [0.25, 0.3) is 0 Å². The summed E-state index contributed by atoms with van der Waals surface area (Å²) in [5.41, 5.74) is 3.79. The summed E-state index contributed by atoms with van der Waals surface area (Å²) in [6.45, 7) is 4.62. The molecule has 0 spiro atoms. The number of thioether (sulfide) groups is 1. The molecule has 3 aromatic carbocycles. The normalized spacial score (nSPS) is 19.1. The monoisotopic (exact) mass is 656 g/mol. The first-order chi connectivity index (χ1) is 21.7. The van der Waals surface area contributed by atoms with Crippen LogP contribution < -0.4 is 19.5 Å². The van der Waals surface area contributed by atoms with Crippen molar-refractivity contribution in [2.24, 2.45) is 5.92 Å². The standard InChI is InChI=1S/C34H38ClFN2O6S/c1-4-20-13-24(35)14-21(5-2)31(20)37-29(39)18-38-17-26(23-15-27(36)33-28(16-23)43-19-44-33)30(34(40)41)32(38)22-7-9-25(10-8-22)42-11-6-12-45-3/h7-10,13-16,26,30,32H,4-6,11-12,17-19H2,1-3H3,(H,37,39)(H,40,41)/t26-,30-,32+/m1/s1. The SMILES string of the molecule is CCc1cc(Cl)cc(CC)c1NC(=O)CN1C[C@H](c2cc(F)c3c(c2)OCO3)[C@@H](C(=O)O)[C@@H]1c1ccc(OCCCSC)cc1. The van der Waals surface area contributed by atoms with Crippen molar-refractivity contribution in [3.05, 3.63) is 81.6 Å². The molecule has 3 aromatic rings.